The number of anilines is 1. The Morgan fingerprint density at radius 3 is 2.48 bits per heavy atom. The molecule has 2 aromatic carbocycles. The van der Waals surface area contributed by atoms with Crippen molar-refractivity contribution in [3.63, 3.8) is 0 Å². The molecular formula is C26H24N4O2S. The molecule has 5 rings (SSSR count). The van der Waals surface area contributed by atoms with Crippen LogP contribution in [0.5, 0.6) is 0 Å². The van der Waals surface area contributed by atoms with Crippen LogP contribution in [0.15, 0.2) is 76.3 Å². The predicted molar refractivity (Wildman–Crippen MR) is 131 cm³/mol. The molecule has 0 bridgehead atoms. The van der Waals surface area contributed by atoms with Crippen LogP contribution in [0.3, 0.4) is 0 Å². The van der Waals surface area contributed by atoms with Crippen LogP contribution in [0.25, 0.3) is 16.3 Å². The second-order valence-corrected chi connectivity index (χ2v) is 9.00. The third-order valence-electron chi connectivity index (χ3n) is 5.90. The van der Waals surface area contributed by atoms with Gasteiger partial charge >= 0.3 is 6.03 Å². The molecule has 3 heterocycles. The maximum Gasteiger partial charge on any atom is 0.326 e. The molecule has 0 radical (unpaired) electrons. The molecule has 0 saturated carbocycles. The molecule has 4 aromatic rings. The molecule has 33 heavy (non-hydrogen) atoms. The number of aryl methyl sites for hydroxylation is 2. The molecule has 0 aliphatic carbocycles. The molecule has 1 N–H and O–H groups in total. The highest BCUT2D eigenvalue weighted by Crippen LogP contribution is 2.39. The van der Waals surface area contributed by atoms with E-state index in [-0.39, 0.29) is 6.03 Å². The molecule has 1 atom stereocenters. The molecule has 2 amide bonds. The first kappa shape index (κ1) is 21.2. The zero-order valence-corrected chi connectivity index (χ0v) is 19.5. The summed E-state index contributed by atoms with van der Waals surface area (Å²) in [6.45, 7) is 6.07. The summed E-state index contributed by atoms with van der Waals surface area (Å²) < 4.78 is 5.74. The van der Waals surface area contributed by atoms with E-state index >= 15 is 0 Å². The van der Waals surface area contributed by atoms with E-state index in [0.717, 1.165) is 39.4 Å². The van der Waals surface area contributed by atoms with Gasteiger partial charge in [0.15, 0.2) is 0 Å². The molecule has 2 aromatic heterocycles. The zero-order chi connectivity index (χ0) is 22.9. The number of rotatable bonds is 5. The van der Waals surface area contributed by atoms with Crippen LogP contribution in [-0.4, -0.2) is 16.2 Å². The molecule has 1 aliphatic heterocycles. The van der Waals surface area contributed by atoms with E-state index in [1.165, 1.54) is 5.56 Å². The fraction of sp³-hybridized carbons (Fsp3) is 0.192. The fourth-order valence-electron chi connectivity index (χ4n) is 4.06. The zero-order valence-electron chi connectivity index (χ0n) is 18.7. The molecular weight excluding hydrogens is 432 g/mol. The van der Waals surface area contributed by atoms with Crippen LogP contribution in [0, 0.1) is 6.92 Å². The summed E-state index contributed by atoms with van der Waals surface area (Å²) in [5.74, 6) is 0.941. The highest BCUT2D eigenvalue weighted by atomic mass is 32.1. The van der Waals surface area contributed by atoms with Crippen molar-refractivity contribution in [3.8, 4) is 10.7 Å². The number of aromatic nitrogens is 2. The Morgan fingerprint density at radius 1 is 1.06 bits per heavy atom. The number of carbonyl (C=O) groups excluding carboxylic acids is 1. The smallest absolute Gasteiger partial charge is 0.326 e. The second-order valence-electron chi connectivity index (χ2n) is 8.05. The Hall–Kier alpha value is -3.71. The van der Waals surface area contributed by atoms with Gasteiger partial charge in [0.1, 0.15) is 0 Å². The summed E-state index contributed by atoms with van der Waals surface area (Å²) in [7, 11) is 0. The van der Waals surface area contributed by atoms with Gasteiger partial charge in [-0.15, -0.1) is 11.3 Å². The monoisotopic (exact) mass is 456 g/mol. The van der Waals surface area contributed by atoms with Gasteiger partial charge < -0.3 is 9.84 Å². The average molecular weight is 457 g/mol. The Bertz CT molecular complexity index is 1310. The maximum absolute atomic E-state index is 13.3. The van der Waals surface area contributed by atoms with Crippen LogP contribution in [0.2, 0.25) is 0 Å². The van der Waals surface area contributed by atoms with Gasteiger partial charge in [0.2, 0.25) is 5.82 Å². The largest absolute Gasteiger partial charge is 0.334 e. The quantitative estimate of drug-likeness (QED) is 0.379. The third-order valence-corrected chi connectivity index (χ3v) is 6.76. The van der Waals surface area contributed by atoms with Crippen LogP contribution in [0.1, 0.15) is 42.5 Å². The van der Waals surface area contributed by atoms with E-state index in [2.05, 4.69) is 41.7 Å². The molecule has 7 heteroatoms. The summed E-state index contributed by atoms with van der Waals surface area (Å²) in [5.41, 5.74) is 5.66. The summed E-state index contributed by atoms with van der Waals surface area (Å²) in [5, 5.41) is 9.35. The normalized spacial score (nSPS) is 16.3. The topological polar surface area (TPSA) is 71.3 Å². The fourth-order valence-corrected chi connectivity index (χ4v) is 4.71. The maximum atomic E-state index is 13.3. The van der Waals surface area contributed by atoms with Crippen molar-refractivity contribution in [2.24, 2.45) is 0 Å². The molecule has 0 spiro atoms. The highest BCUT2D eigenvalue weighted by molar-refractivity contribution is 7.13. The lowest BCUT2D eigenvalue weighted by Gasteiger charge is -2.35. The lowest BCUT2D eigenvalue weighted by molar-refractivity contribution is 0.244. The second kappa shape index (κ2) is 8.67. The van der Waals surface area contributed by atoms with Crippen molar-refractivity contribution >= 4 is 28.6 Å². The summed E-state index contributed by atoms with van der Waals surface area (Å²) in [6, 6.07) is 19.5. The van der Waals surface area contributed by atoms with Crippen LogP contribution < -0.4 is 10.2 Å². The van der Waals surface area contributed by atoms with Gasteiger partial charge in [-0.05, 0) is 55.0 Å². The van der Waals surface area contributed by atoms with E-state index in [4.69, 9.17) is 9.51 Å². The number of carbonyl (C=O) groups is 1. The van der Waals surface area contributed by atoms with Gasteiger partial charge in [-0.1, -0.05) is 60.1 Å². The van der Waals surface area contributed by atoms with Crippen molar-refractivity contribution < 1.29 is 9.32 Å². The minimum atomic E-state index is -0.401. The molecule has 166 valence electrons. The molecule has 1 unspecified atom stereocenters. The Labute approximate surface area is 196 Å². The molecule has 0 fully saturated rings. The Kier molecular flexibility index (Phi) is 5.56. The van der Waals surface area contributed by atoms with Crippen molar-refractivity contribution in [3.05, 3.63) is 94.3 Å². The number of hydrogen-bond acceptors (Lipinski definition) is 5. The lowest BCUT2D eigenvalue weighted by Crippen LogP contribution is -2.46. The number of allylic oxidation sites excluding steroid dienone is 1. The van der Waals surface area contributed by atoms with E-state index in [1.807, 2.05) is 55.6 Å². The first-order valence-electron chi connectivity index (χ1n) is 10.9. The van der Waals surface area contributed by atoms with E-state index in [0.29, 0.717) is 11.7 Å². The van der Waals surface area contributed by atoms with Gasteiger partial charge in [0, 0.05) is 5.70 Å². The van der Waals surface area contributed by atoms with E-state index in [1.54, 1.807) is 16.2 Å². The van der Waals surface area contributed by atoms with Gasteiger partial charge in [-0.3, -0.25) is 4.90 Å². The van der Waals surface area contributed by atoms with E-state index in [9.17, 15) is 4.79 Å². The lowest BCUT2D eigenvalue weighted by atomic mass is 9.93. The van der Waals surface area contributed by atoms with Crippen molar-refractivity contribution in [2.75, 3.05) is 4.90 Å². The summed E-state index contributed by atoms with van der Waals surface area (Å²) in [4.78, 5) is 20.6. The van der Waals surface area contributed by atoms with Gasteiger partial charge in [0.05, 0.1) is 22.2 Å². The molecule has 0 saturated heterocycles. The van der Waals surface area contributed by atoms with Gasteiger partial charge in [0.25, 0.3) is 5.89 Å². The van der Waals surface area contributed by atoms with E-state index < -0.39 is 6.04 Å². The SMILES string of the molecule is CCc1ccc(C2NC(=O)N(c3ccc(C)cc3)C(C)=C2c2nc(-c3cccs3)no2)cc1. The van der Waals surface area contributed by atoms with Gasteiger partial charge in [-0.25, -0.2) is 4.79 Å². The Morgan fingerprint density at radius 2 is 1.82 bits per heavy atom. The minimum Gasteiger partial charge on any atom is -0.334 e. The number of amides is 2. The number of thiophene rings is 1. The number of urea groups is 1. The van der Waals surface area contributed by atoms with Crippen molar-refractivity contribution in [1.82, 2.24) is 15.5 Å². The summed E-state index contributed by atoms with van der Waals surface area (Å²) >= 11 is 1.56. The first-order valence-corrected chi connectivity index (χ1v) is 11.8. The highest BCUT2D eigenvalue weighted by Gasteiger charge is 2.36. The van der Waals surface area contributed by atoms with Crippen LogP contribution in [-0.2, 0) is 6.42 Å². The molecule has 6 nitrogen and oxygen atoms in total. The number of nitrogens with one attached hydrogen (secondary N) is 1. The third kappa shape index (κ3) is 3.96. The standard InChI is InChI=1S/C26H24N4O2S/c1-4-18-9-11-19(12-10-18)23-22(25-28-24(29-32-25)21-6-5-15-33-21)17(3)30(26(31)27-23)20-13-7-16(2)8-14-20/h5-15,23H,4H2,1-3H3,(H,27,31). The number of benzene rings is 2. The van der Waals surface area contributed by atoms with Crippen LogP contribution in [0.4, 0.5) is 10.5 Å². The summed E-state index contributed by atoms with van der Waals surface area (Å²) in [6.07, 6.45) is 0.952. The first-order chi connectivity index (χ1) is 16.0. The van der Waals surface area contributed by atoms with Crippen LogP contribution >= 0.6 is 11.3 Å². The number of hydrogen-bond donors (Lipinski definition) is 1. The van der Waals surface area contributed by atoms with Gasteiger partial charge in [-0.2, -0.15) is 4.98 Å². The minimum absolute atomic E-state index is 0.192. The van der Waals surface area contributed by atoms with Crippen molar-refractivity contribution in [2.45, 2.75) is 33.2 Å². The molecule has 1 aliphatic rings. The number of nitrogens with zero attached hydrogens (tertiary/aromatic N) is 3. The Balaban J connectivity index is 1.64. The predicted octanol–water partition coefficient (Wildman–Crippen LogP) is 6.37. The average Bonchev–Trinajstić information content (AvgIpc) is 3.52. The van der Waals surface area contributed by atoms with Crippen molar-refractivity contribution in [1.29, 1.82) is 0 Å².